The molecule has 0 amide bonds. The van der Waals surface area contributed by atoms with Gasteiger partial charge in [-0.25, -0.2) is 9.78 Å². The zero-order valence-corrected chi connectivity index (χ0v) is 13.3. The molecule has 5 heteroatoms. The van der Waals surface area contributed by atoms with E-state index in [1.54, 1.807) is 12.3 Å². The number of pyridine rings is 1. The summed E-state index contributed by atoms with van der Waals surface area (Å²) in [6, 6.07) is 1.91. The lowest BCUT2D eigenvalue weighted by Gasteiger charge is -2.31. The van der Waals surface area contributed by atoms with Gasteiger partial charge in [0.05, 0.1) is 0 Å². The van der Waals surface area contributed by atoms with Gasteiger partial charge in [-0.15, -0.1) is 0 Å². The Labute approximate surface area is 128 Å². The highest BCUT2D eigenvalue weighted by molar-refractivity contribution is 9.10. The molecule has 0 spiro atoms. The van der Waals surface area contributed by atoms with Gasteiger partial charge in [-0.05, 0) is 47.2 Å². The molecule has 0 bridgehead atoms. The zero-order chi connectivity index (χ0) is 14.5. The van der Waals surface area contributed by atoms with Gasteiger partial charge in [0.25, 0.3) is 0 Å². The van der Waals surface area contributed by atoms with Crippen molar-refractivity contribution in [2.75, 3.05) is 5.32 Å². The van der Waals surface area contributed by atoms with Crippen LogP contribution in [0, 0.1) is 5.92 Å². The fourth-order valence-corrected chi connectivity index (χ4v) is 3.31. The minimum Gasteiger partial charge on any atom is -0.478 e. The third-order valence-corrected chi connectivity index (χ3v) is 4.50. The van der Waals surface area contributed by atoms with Gasteiger partial charge in [-0.2, -0.15) is 0 Å². The number of carboxylic acid groups (broad SMARTS) is 1. The Kier molecular flexibility index (Phi) is 5.40. The molecule has 1 fully saturated rings. The summed E-state index contributed by atoms with van der Waals surface area (Å²) in [5.41, 5.74) is 0.230. The summed E-state index contributed by atoms with van der Waals surface area (Å²) >= 11 is 3.27. The molecule has 1 heterocycles. The van der Waals surface area contributed by atoms with Crippen LogP contribution in [0.4, 0.5) is 5.82 Å². The standard InChI is InChI=1S/C15H21BrN2O2/c1-2-13(10-6-4-3-5-7-10)18-14-12(15(19)20)8-11(16)9-17-14/h8-10,13H,2-7H2,1H3,(H,17,18)(H,19,20). The van der Waals surface area contributed by atoms with Crippen molar-refractivity contribution in [3.63, 3.8) is 0 Å². The Bertz CT molecular complexity index is 473. The van der Waals surface area contributed by atoms with Gasteiger partial charge in [0.2, 0.25) is 0 Å². The van der Waals surface area contributed by atoms with Crippen LogP contribution >= 0.6 is 15.9 Å². The maximum Gasteiger partial charge on any atom is 0.339 e. The number of carbonyl (C=O) groups is 1. The van der Waals surface area contributed by atoms with Gasteiger partial charge in [0, 0.05) is 16.7 Å². The summed E-state index contributed by atoms with van der Waals surface area (Å²) in [5.74, 6) is 0.166. The predicted molar refractivity (Wildman–Crippen MR) is 83.2 cm³/mol. The second-order valence-electron chi connectivity index (χ2n) is 5.41. The van der Waals surface area contributed by atoms with E-state index in [0.717, 1.165) is 6.42 Å². The molecule has 0 radical (unpaired) electrons. The fraction of sp³-hybridized carbons (Fsp3) is 0.600. The van der Waals surface area contributed by atoms with Gasteiger partial charge in [-0.1, -0.05) is 26.2 Å². The molecule has 110 valence electrons. The maximum absolute atomic E-state index is 11.3. The summed E-state index contributed by atoms with van der Waals surface area (Å²) in [4.78, 5) is 15.6. The first-order chi connectivity index (χ1) is 9.61. The number of hydrogen-bond acceptors (Lipinski definition) is 3. The van der Waals surface area contributed by atoms with Crippen molar-refractivity contribution in [3.8, 4) is 0 Å². The molecule has 1 saturated carbocycles. The van der Waals surface area contributed by atoms with Crippen LogP contribution in [0.5, 0.6) is 0 Å². The van der Waals surface area contributed by atoms with Crippen LogP contribution in [0.1, 0.15) is 55.8 Å². The first-order valence-electron chi connectivity index (χ1n) is 7.27. The van der Waals surface area contributed by atoms with E-state index in [1.807, 2.05) is 0 Å². The summed E-state index contributed by atoms with van der Waals surface area (Å²) in [7, 11) is 0. The molecule has 1 aromatic heterocycles. The summed E-state index contributed by atoms with van der Waals surface area (Å²) in [5, 5.41) is 12.6. The number of halogens is 1. The van der Waals surface area contributed by atoms with E-state index in [2.05, 4.69) is 33.2 Å². The molecule has 0 aliphatic heterocycles. The van der Waals surface area contributed by atoms with Crippen LogP contribution in [0.15, 0.2) is 16.7 Å². The average molecular weight is 341 g/mol. The largest absolute Gasteiger partial charge is 0.478 e. The van der Waals surface area contributed by atoms with Crippen LogP contribution < -0.4 is 5.32 Å². The third kappa shape index (κ3) is 3.72. The van der Waals surface area contributed by atoms with Crippen molar-refractivity contribution in [2.45, 2.75) is 51.5 Å². The summed E-state index contributed by atoms with van der Waals surface area (Å²) in [6.07, 6.45) is 8.97. The number of anilines is 1. The number of aromatic nitrogens is 1. The first-order valence-corrected chi connectivity index (χ1v) is 8.06. The Morgan fingerprint density at radius 3 is 2.80 bits per heavy atom. The van der Waals surface area contributed by atoms with E-state index in [-0.39, 0.29) is 5.56 Å². The molecular formula is C15H21BrN2O2. The smallest absolute Gasteiger partial charge is 0.339 e. The molecule has 1 unspecified atom stereocenters. The predicted octanol–water partition coefficient (Wildman–Crippen LogP) is 4.31. The molecule has 20 heavy (non-hydrogen) atoms. The van der Waals surface area contributed by atoms with Gasteiger partial charge in [-0.3, -0.25) is 0 Å². The quantitative estimate of drug-likeness (QED) is 0.838. The van der Waals surface area contributed by atoms with E-state index >= 15 is 0 Å². The van der Waals surface area contributed by atoms with Crippen LogP contribution in [0.25, 0.3) is 0 Å². The average Bonchev–Trinajstić information content (AvgIpc) is 2.46. The highest BCUT2D eigenvalue weighted by atomic mass is 79.9. The monoisotopic (exact) mass is 340 g/mol. The lowest BCUT2D eigenvalue weighted by atomic mass is 9.83. The molecule has 0 saturated heterocycles. The van der Waals surface area contributed by atoms with E-state index in [1.165, 1.54) is 32.1 Å². The normalized spacial score (nSPS) is 17.7. The van der Waals surface area contributed by atoms with Gasteiger partial charge in [0.15, 0.2) is 0 Å². The lowest BCUT2D eigenvalue weighted by molar-refractivity contribution is 0.0697. The summed E-state index contributed by atoms with van der Waals surface area (Å²) in [6.45, 7) is 2.14. The number of aromatic carboxylic acids is 1. The van der Waals surface area contributed by atoms with Crippen molar-refractivity contribution < 1.29 is 9.90 Å². The molecule has 1 aliphatic rings. The minimum atomic E-state index is -0.945. The van der Waals surface area contributed by atoms with Crippen molar-refractivity contribution in [1.82, 2.24) is 4.98 Å². The van der Waals surface area contributed by atoms with Crippen LogP contribution in [-0.2, 0) is 0 Å². The van der Waals surface area contributed by atoms with Gasteiger partial charge >= 0.3 is 5.97 Å². The SMILES string of the molecule is CCC(Nc1ncc(Br)cc1C(=O)O)C1CCCCC1. The number of hydrogen-bond donors (Lipinski definition) is 2. The molecule has 1 aromatic rings. The van der Waals surface area contributed by atoms with Gasteiger partial charge < -0.3 is 10.4 Å². The highest BCUT2D eigenvalue weighted by Crippen LogP contribution is 2.30. The van der Waals surface area contributed by atoms with Crippen molar-refractivity contribution in [1.29, 1.82) is 0 Å². The van der Waals surface area contributed by atoms with E-state index in [0.29, 0.717) is 22.3 Å². The zero-order valence-electron chi connectivity index (χ0n) is 11.7. The van der Waals surface area contributed by atoms with Crippen LogP contribution in [-0.4, -0.2) is 22.1 Å². The third-order valence-electron chi connectivity index (χ3n) is 4.07. The molecule has 1 aliphatic carbocycles. The molecule has 4 nitrogen and oxygen atoms in total. The second-order valence-corrected chi connectivity index (χ2v) is 6.33. The Morgan fingerprint density at radius 1 is 1.50 bits per heavy atom. The topological polar surface area (TPSA) is 62.2 Å². The Balaban J connectivity index is 2.16. The molecular weight excluding hydrogens is 320 g/mol. The second kappa shape index (κ2) is 7.07. The van der Waals surface area contributed by atoms with Crippen molar-refractivity contribution in [3.05, 3.63) is 22.3 Å². The first kappa shape index (κ1) is 15.3. The van der Waals surface area contributed by atoms with Crippen LogP contribution in [0.3, 0.4) is 0 Å². The van der Waals surface area contributed by atoms with E-state index < -0.39 is 5.97 Å². The maximum atomic E-state index is 11.3. The Hall–Kier alpha value is -1.10. The molecule has 2 N–H and O–H groups in total. The number of carboxylic acids is 1. The number of nitrogens with one attached hydrogen (secondary N) is 1. The molecule has 1 atom stereocenters. The highest BCUT2D eigenvalue weighted by Gasteiger charge is 2.24. The molecule has 0 aromatic carbocycles. The molecule has 2 rings (SSSR count). The van der Waals surface area contributed by atoms with E-state index in [9.17, 15) is 9.90 Å². The summed E-state index contributed by atoms with van der Waals surface area (Å²) < 4.78 is 0.686. The lowest BCUT2D eigenvalue weighted by Crippen LogP contribution is -2.31. The van der Waals surface area contributed by atoms with Crippen molar-refractivity contribution in [2.24, 2.45) is 5.92 Å². The Morgan fingerprint density at radius 2 is 2.20 bits per heavy atom. The van der Waals surface area contributed by atoms with Crippen LogP contribution in [0.2, 0.25) is 0 Å². The van der Waals surface area contributed by atoms with Crippen molar-refractivity contribution >= 4 is 27.7 Å². The van der Waals surface area contributed by atoms with E-state index in [4.69, 9.17) is 0 Å². The number of nitrogens with zero attached hydrogens (tertiary/aromatic N) is 1. The van der Waals surface area contributed by atoms with Gasteiger partial charge in [0.1, 0.15) is 11.4 Å². The number of rotatable bonds is 5. The fourth-order valence-electron chi connectivity index (χ4n) is 2.98. The minimum absolute atomic E-state index is 0.230.